The highest BCUT2D eigenvalue weighted by atomic mass is 31.3. The molecule has 0 amide bonds. The van der Waals surface area contributed by atoms with E-state index < -0.39 is 71.7 Å². The van der Waals surface area contributed by atoms with Gasteiger partial charge in [0.1, 0.15) is 35.8 Å². The number of phosphoric acid groups is 3. The third-order valence-corrected chi connectivity index (χ3v) is 7.32. The van der Waals surface area contributed by atoms with Crippen LogP contribution in [0.2, 0.25) is 0 Å². The first-order valence-electron chi connectivity index (χ1n) is 7.57. The zero-order valence-electron chi connectivity index (χ0n) is 14.6. The minimum absolute atomic E-state index is 0.187. The smallest absolute Gasteiger partial charge is 0.387 e. The van der Waals surface area contributed by atoms with Crippen LogP contribution >= 0.6 is 23.5 Å². The van der Waals surface area contributed by atoms with E-state index in [2.05, 4.69) is 18.1 Å². The number of aliphatic hydroxyl groups is 2. The van der Waals surface area contributed by atoms with Crippen LogP contribution in [-0.2, 0) is 31.6 Å². The van der Waals surface area contributed by atoms with Crippen molar-refractivity contribution in [2.45, 2.75) is 31.3 Å². The van der Waals surface area contributed by atoms with Gasteiger partial charge in [-0.1, -0.05) is 0 Å². The Morgan fingerprint density at radius 1 is 1.10 bits per heavy atom. The van der Waals surface area contributed by atoms with E-state index in [-0.39, 0.29) is 5.69 Å². The first-order chi connectivity index (χ1) is 13.5. The molecule has 1 aliphatic heterocycles. The maximum absolute atomic E-state index is 13.9. The van der Waals surface area contributed by atoms with Gasteiger partial charge < -0.3 is 34.5 Å². The first kappa shape index (κ1) is 25.4. The summed E-state index contributed by atoms with van der Waals surface area (Å²) in [5, 5.41) is 20.0. The predicted octanol–water partition coefficient (Wildman–Crippen LogP) is -1.28. The van der Waals surface area contributed by atoms with Gasteiger partial charge in [-0.25, -0.2) is 18.7 Å². The number of phosphoric ester groups is 1. The van der Waals surface area contributed by atoms with Crippen LogP contribution in [0.5, 0.6) is 0 Å². The number of aryl methyl sites for hydroxylation is 1. The largest absolute Gasteiger partial charge is 0.490 e. The molecule has 16 nitrogen and oxygen atoms in total. The molecule has 0 aromatic carbocycles. The summed E-state index contributed by atoms with van der Waals surface area (Å²) in [4.78, 5) is 52.1. The molecule has 3 unspecified atom stereocenters. The van der Waals surface area contributed by atoms with Crippen molar-refractivity contribution in [3.8, 4) is 0 Å². The molecular formula is C10H16FN2O14P3. The molecule has 1 saturated heterocycles. The monoisotopic (exact) mass is 500 g/mol. The van der Waals surface area contributed by atoms with Gasteiger partial charge in [0.25, 0.3) is 5.56 Å². The van der Waals surface area contributed by atoms with E-state index in [0.29, 0.717) is 0 Å². The van der Waals surface area contributed by atoms with E-state index in [1.807, 2.05) is 0 Å². The molecule has 0 bridgehead atoms. The van der Waals surface area contributed by atoms with Crippen LogP contribution < -0.4 is 5.56 Å². The summed E-state index contributed by atoms with van der Waals surface area (Å²) < 4.78 is 63.9. The van der Waals surface area contributed by atoms with Crippen molar-refractivity contribution in [1.82, 2.24) is 9.97 Å². The van der Waals surface area contributed by atoms with E-state index in [1.165, 1.54) is 6.92 Å². The summed E-state index contributed by atoms with van der Waals surface area (Å²) in [6, 6.07) is 0. The molecule has 0 aliphatic carbocycles. The minimum atomic E-state index is -5.75. The van der Waals surface area contributed by atoms with Crippen molar-refractivity contribution in [2.24, 2.45) is 0 Å². The molecule has 172 valence electrons. The fourth-order valence-corrected chi connectivity index (χ4v) is 5.34. The average Bonchev–Trinajstić information content (AvgIpc) is 2.81. The summed E-state index contributed by atoms with van der Waals surface area (Å²) in [7, 11) is -16.8. The van der Waals surface area contributed by atoms with E-state index in [4.69, 9.17) is 19.4 Å². The predicted molar refractivity (Wildman–Crippen MR) is 89.0 cm³/mol. The van der Waals surface area contributed by atoms with Gasteiger partial charge in [-0.05, 0) is 6.92 Å². The zero-order chi connectivity index (χ0) is 23.1. The SMILES string of the molecule is Cc1nc([C@@H]2O[C@H](COP(=O)(O)OP(=O)(O)OP(=O)(O)O)C(O)[C@@H]2O)c(F)[nH]c1=O. The van der Waals surface area contributed by atoms with Gasteiger partial charge in [0.05, 0.1) is 6.61 Å². The lowest BCUT2D eigenvalue weighted by Crippen LogP contribution is -2.33. The fourth-order valence-electron chi connectivity index (χ4n) is 2.31. The molecule has 1 aromatic rings. The highest BCUT2D eigenvalue weighted by molar-refractivity contribution is 7.66. The van der Waals surface area contributed by atoms with Gasteiger partial charge in [-0.3, -0.25) is 14.3 Å². The Balaban J connectivity index is 2.08. The van der Waals surface area contributed by atoms with Gasteiger partial charge in [0.2, 0.25) is 5.95 Å². The molecule has 30 heavy (non-hydrogen) atoms. The summed E-state index contributed by atoms with van der Waals surface area (Å²) in [6.07, 6.45) is -6.92. The number of halogens is 1. The lowest BCUT2D eigenvalue weighted by Gasteiger charge is -2.19. The Hall–Kier alpha value is -0.900. The van der Waals surface area contributed by atoms with Crippen LogP contribution in [0.25, 0.3) is 0 Å². The van der Waals surface area contributed by atoms with Gasteiger partial charge in [-0.2, -0.15) is 13.0 Å². The molecular weight excluding hydrogens is 484 g/mol. The third kappa shape index (κ3) is 6.55. The van der Waals surface area contributed by atoms with Crippen molar-refractivity contribution < 1.29 is 65.8 Å². The first-order valence-corrected chi connectivity index (χ1v) is 12.1. The Bertz CT molecular complexity index is 995. The van der Waals surface area contributed by atoms with Crippen molar-refractivity contribution in [3.63, 3.8) is 0 Å². The number of hydrogen-bond donors (Lipinski definition) is 7. The molecule has 6 atom stereocenters. The van der Waals surface area contributed by atoms with E-state index in [0.717, 1.165) is 0 Å². The maximum atomic E-state index is 13.9. The number of aliphatic hydroxyl groups excluding tert-OH is 2. The van der Waals surface area contributed by atoms with E-state index in [1.54, 1.807) is 4.98 Å². The number of nitrogens with one attached hydrogen (secondary N) is 1. The number of aromatic amines is 1. The molecule has 2 rings (SSSR count). The third-order valence-electron chi connectivity index (χ3n) is 3.51. The minimum Gasteiger partial charge on any atom is -0.387 e. The maximum Gasteiger partial charge on any atom is 0.490 e. The van der Waals surface area contributed by atoms with Crippen molar-refractivity contribution in [3.05, 3.63) is 27.7 Å². The second-order valence-electron chi connectivity index (χ2n) is 5.81. The molecule has 2 heterocycles. The van der Waals surface area contributed by atoms with Crippen LogP contribution in [0.1, 0.15) is 17.5 Å². The molecule has 20 heteroatoms. The second kappa shape index (κ2) is 8.92. The highest BCUT2D eigenvalue weighted by Gasteiger charge is 2.47. The fraction of sp³-hybridized carbons (Fsp3) is 0.600. The number of hydrogen-bond acceptors (Lipinski definition) is 11. The van der Waals surface area contributed by atoms with Crippen molar-refractivity contribution in [1.29, 1.82) is 0 Å². The summed E-state index contributed by atoms with van der Waals surface area (Å²) in [5.74, 6) is -1.27. The molecule has 1 aliphatic rings. The highest BCUT2D eigenvalue weighted by Crippen LogP contribution is 2.66. The molecule has 0 saturated carbocycles. The number of aromatic nitrogens is 2. The van der Waals surface area contributed by atoms with Crippen LogP contribution in [-0.4, -0.2) is 64.7 Å². The zero-order valence-corrected chi connectivity index (χ0v) is 17.3. The van der Waals surface area contributed by atoms with E-state index >= 15 is 0 Å². The molecule has 1 fully saturated rings. The number of nitrogens with zero attached hydrogens (tertiary/aromatic N) is 1. The average molecular weight is 500 g/mol. The number of H-pyrrole nitrogens is 1. The molecule has 0 spiro atoms. The van der Waals surface area contributed by atoms with Gasteiger partial charge in [-0.15, -0.1) is 0 Å². The second-order valence-corrected chi connectivity index (χ2v) is 10.2. The van der Waals surface area contributed by atoms with Crippen LogP contribution in [0, 0.1) is 12.9 Å². The Morgan fingerprint density at radius 2 is 1.70 bits per heavy atom. The molecule has 7 N–H and O–H groups in total. The van der Waals surface area contributed by atoms with Crippen molar-refractivity contribution >= 4 is 23.5 Å². The van der Waals surface area contributed by atoms with Crippen LogP contribution in [0.4, 0.5) is 4.39 Å². The lowest BCUT2D eigenvalue weighted by molar-refractivity contribution is -0.0247. The van der Waals surface area contributed by atoms with Gasteiger partial charge in [0.15, 0.2) is 0 Å². The quantitative estimate of drug-likeness (QED) is 0.205. The van der Waals surface area contributed by atoms with Crippen LogP contribution in [0.3, 0.4) is 0 Å². The molecule has 0 radical (unpaired) electrons. The van der Waals surface area contributed by atoms with Gasteiger partial charge in [0, 0.05) is 0 Å². The Morgan fingerprint density at radius 3 is 2.27 bits per heavy atom. The van der Waals surface area contributed by atoms with Crippen molar-refractivity contribution in [2.75, 3.05) is 6.61 Å². The van der Waals surface area contributed by atoms with E-state index in [9.17, 15) is 38.0 Å². The number of ether oxygens (including phenoxy) is 1. The summed E-state index contributed by atoms with van der Waals surface area (Å²) >= 11 is 0. The van der Waals surface area contributed by atoms with Gasteiger partial charge >= 0.3 is 23.5 Å². The molecule has 1 aromatic heterocycles. The normalized spacial score (nSPS) is 28.8. The Kier molecular flexibility index (Phi) is 7.54. The topological polar surface area (TPSA) is 255 Å². The summed E-state index contributed by atoms with van der Waals surface area (Å²) in [5.41, 5.74) is -1.62. The number of rotatable bonds is 8. The standard InChI is InChI=1S/C10H16FN2O14P3/c1-3-10(16)13-9(11)5(12-3)8-7(15)6(14)4(25-8)2-24-29(20,21)27-30(22,23)26-28(17,18)19/h4,6-8,14-15H,2H2,1H3,(H,13,16)(H,20,21)(H,22,23)(H2,17,18,19)/t4-,6?,7+,8+/m1/s1. The Labute approximate surface area is 165 Å². The summed E-state index contributed by atoms with van der Waals surface area (Å²) in [6.45, 7) is 0.148. The van der Waals surface area contributed by atoms with Crippen LogP contribution in [0.15, 0.2) is 4.79 Å². The lowest BCUT2D eigenvalue weighted by atomic mass is 10.1.